The average molecular weight is 562 g/mol. The highest BCUT2D eigenvalue weighted by molar-refractivity contribution is 5.94. The third kappa shape index (κ3) is 8.41. The van der Waals surface area contributed by atoms with Gasteiger partial charge in [-0.05, 0) is 50.5 Å². The van der Waals surface area contributed by atoms with Gasteiger partial charge in [0.25, 0.3) is 5.91 Å². The maximum atomic E-state index is 14.3. The van der Waals surface area contributed by atoms with Crippen molar-refractivity contribution in [2.75, 3.05) is 26.4 Å². The van der Waals surface area contributed by atoms with Gasteiger partial charge in [-0.25, -0.2) is 14.4 Å². The molecule has 2 heterocycles. The summed E-state index contributed by atoms with van der Waals surface area (Å²) in [6.45, 7) is 8.45. The third-order valence-electron chi connectivity index (χ3n) is 5.98. The van der Waals surface area contributed by atoms with E-state index < -0.39 is 11.4 Å². The Kier molecular flexibility index (Phi) is 13.2. The Morgan fingerprint density at radius 3 is 2.24 bits per heavy atom. The van der Waals surface area contributed by atoms with Crippen LogP contribution in [0.5, 0.6) is 5.75 Å². The Labute approximate surface area is 242 Å². The second-order valence-electron chi connectivity index (χ2n) is 9.22. The molecule has 0 radical (unpaired) electrons. The molecule has 0 atom stereocenters. The maximum absolute atomic E-state index is 14.3. The van der Waals surface area contributed by atoms with Crippen molar-refractivity contribution in [3.63, 3.8) is 0 Å². The minimum Gasteiger partial charge on any atom is -0.494 e. The number of amides is 1. The van der Waals surface area contributed by atoms with Crippen LogP contribution in [0.2, 0.25) is 0 Å². The van der Waals surface area contributed by atoms with Gasteiger partial charge in [-0.1, -0.05) is 26.0 Å². The minimum atomic E-state index is -0.507. The molecule has 218 valence electrons. The molecule has 4 rings (SSSR count). The fourth-order valence-corrected chi connectivity index (χ4v) is 3.93. The first-order chi connectivity index (χ1) is 19.6. The summed E-state index contributed by atoms with van der Waals surface area (Å²) in [6.07, 6.45) is 18.1. The first-order valence-electron chi connectivity index (χ1n) is 13.1. The Morgan fingerprint density at radius 1 is 1.07 bits per heavy atom. The van der Waals surface area contributed by atoms with E-state index in [1.54, 1.807) is 11.9 Å². The molecule has 0 fully saturated rings. The van der Waals surface area contributed by atoms with Crippen molar-refractivity contribution >= 4 is 28.4 Å². The van der Waals surface area contributed by atoms with Crippen molar-refractivity contribution in [3.05, 3.63) is 59.2 Å². The number of fused-ring (bicyclic) bond motifs is 3. The number of ether oxygens (including phenoxy) is 1. The molecular weight excluding hydrogens is 521 g/mol. The summed E-state index contributed by atoms with van der Waals surface area (Å²) in [4.78, 5) is 23.3. The van der Waals surface area contributed by atoms with E-state index in [-0.39, 0.29) is 17.6 Å². The standard InChI is InChI=1S/C25H30FN7O2.C2H6.2C2H2/c1-25(2,28)16-10-8-15(9-11-16)23(34)32(3)12-6-5-7-21-30-22-17-13-18(26)20(35-4)14-19(17)29-24(27)33(22)31-21;3*1-2/h8-11,13-14H,5-7,12,28H2,1-4H3,(H2,27,29);1-2H3;2*1-2H. The van der Waals surface area contributed by atoms with E-state index >= 15 is 0 Å². The Morgan fingerprint density at radius 2 is 1.68 bits per heavy atom. The molecule has 0 aliphatic rings. The number of aromatic nitrogens is 4. The zero-order valence-corrected chi connectivity index (χ0v) is 24.7. The third-order valence-corrected chi connectivity index (χ3v) is 5.98. The van der Waals surface area contributed by atoms with Gasteiger partial charge in [-0.2, -0.15) is 4.52 Å². The maximum Gasteiger partial charge on any atom is 0.253 e. The van der Waals surface area contributed by atoms with E-state index in [0.717, 1.165) is 18.4 Å². The fourth-order valence-electron chi connectivity index (χ4n) is 3.93. The molecule has 0 spiro atoms. The molecule has 2 aromatic carbocycles. The van der Waals surface area contributed by atoms with E-state index in [0.29, 0.717) is 40.9 Å². The predicted molar refractivity (Wildman–Crippen MR) is 164 cm³/mol. The van der Waals surface area contributed by atoms with Crippen LogP contribution in [0.3, 0.4) is 0 Å². The Bertz CT molecular complexity index is 1460. The first kappa shape index (κ1) is 34.4. The minimum absolute atomic E-state index is 0.0417. The molecular formula is C31H40FN7O2. The number of aryl methyl sites for hydroxylation is 1. The van der Waals surface area contributed by atoms with Crippen LogP contribution in [0.25, 0.3) is 16.6 Å². The predicted octanol–water partition coefficient (Wildman–Crippen LogP) is 4.82. The van der Waals surface area contributed by atoms with Crippen LogP contribution in [0.1, 0.15) is 62.3 Å². The quantitative estimate of drug-likeness (QED) is 0.233. The number of nitrogens with zero attached hydrogens (tertiary/aromatic N) is 5. The molecule has 41 heavy (non-hydrogen) atoms. The van der Waals surface area contributed by atoms with Gasteiger partial charge in [0.05, 0.1) is 12.6 Å². The van der Waals surface area contributed by atoms with Crippen LogP contribution in [0.4, 0.5) is 10.3 Å². The van der Waals surface area contributed by atoms with Crippen molar-refractivity contribution in [2.45, 2.75) is 52.5 Å². The van der Waals surface area contributed by atoms with Gasteiger partial charge in [0.15, 0.2) is 23.0 Å². The lowest BCUT2D eigenvalue weighted by Gasteiger charge is -2.20. The zero-order valence-electron chi connectivity index (χ0n) is 24.7. The summed E-state index contributed by atoms with van der Waals surface area (Å²) in [5.41, 5.74) is 14.2. The lowest BCUT2D eigenvalue weighted by atomic mass is 9.95. The van der Waals surface area contributed by atoms with Crippen LogP contribution in [-0.4, -0.2) is 51.1 Å². The lowest BCUT2D eigenvalue weighted by molar-refractivity contribution is 0.0792. The molecule has 0 bridgehead atoms. The second kappa shape index (κ2) is 15.8. The van der Waals surface area contributed by atoms with Gasteiger partial charge in [0, 0.05) is 42.6 Å². The summed E-state index contributed by atoms with van der Waals surface area (Å²) in [5, 5.41) is 4.94. The number of rotatable bonds is 8. The van der Waals surface area contributed by atoms with Gasteiger partial charge in [0.1, 0.15) is 0 Å². The van der Waals surface area contributed by atoms with Crippen LogP contribution in [0.15, 0.2) is 36.4 Å². The molecule has 2 aromatic heterocycles. The lowest BCUT2D eigenvalue weighted by Crippen LogP contribution is -2.29. The number of methoxy groups -OCH3 is 1. The number of carbonyl (C=O) groups excluding carboxylic acids is 1. The highest BCUT2D eigenvalue weighted by atomic mass is 19.1. The van der Waals surface area contributed by atoms with E-state index in [9.17, 15) is 9.18 Å². The smallest absolute Gasteiger partial charge is 0.253 e. The highest BCUT2D eigenvalue weighted by Crippen LogP contribution is 2.27. The molecule has 1 amide bonds. The number of hydrogen-bond acceptors (Lipinski definition) is 7. The molecule has 4 aromatic rings. The van der Waals surface area contributed by atoms with E-state index in [1.165, 1.54) is 23.8 Å². The number of benzene rings is 2. The highest BCUT2D eigenvalue weighted by Gasteiger charge is 2.17. The summed E-state index contributed by atoms with van der Waals surface area (Å²) in [5.74, 6) is 0.281. The fraction of sp³-hybridized carbons (Fsp3) is 0.355. The van der Waals surface area contributed by atoms with E-state index in [2.05, 4.69) is 40.8 Å². The summed E-state index contributed by atoms with van der Waals surface area (Å²) in [6, 6.07) is 10.2. The normalized spacial score (nSPS) is 10.3. The van der Waals surface area contributed by atoms with Gasteiger partial charge >= 0.3 is 0 Å². The van der Waals surface area contributed by atoms with Gasteiger partial charge in [-0.3, -0.25) is 4.79 Å². The molecule has 0 aliphatic carbocycles. The molecule has 10 heteroatoms. The molecule has 4 N–H and O–H groups in total. The van der Waals surface area contributed by atoms with Crippen molar-refractivity contribution in [3.8, 4) is 31.4 Å². The number of unbranched alkanes of at least 4 members (excludes halogenated alkanes) is 1. The monoisotopic (exact) mass is 561 g/mol. The van der Waals surface area contributed by atoms with Gasteiger partial charge < -0.3 is 21.1 Å². The number of nitrogen functional groups attached to an aromatic ring is 1. The van der Waals surface area contributed by atoms with Crippen LogP contribution in [-0.2, 0) is 12.0 Å². The SMILES string of the molecule is C#C.C#C.CC.COc1cc2nc(N)n3nc(CCCCN(C)C(=O)c4ccc(C(C)(C)N)cc4)nc3c2cc1F. The van der Waals surface area contributed by atoms with Crippen molar-refractivity contribution in [2.24, 2.45) is 5.73 Å². The number of carbonyl (C=O) groups is 1. The molecule has 0 saturated heterocycles. The number of nitrogens with two attached hydrogens (primary N) is 2. The van der Waals surface area contributed by atoms with Crippen molar-refractivity contribution in [1.82, 2.24) is 24.5 Å². The van der Waals surface area contributed by atoms with Crippen molar-refractivity contribution < 1.29 is 13.9 Å². The van der Waals surface area contributed by atoms with Crippen LogP contribution >= 0.6 is 0 Å². The number of terminal acetylenes is 2. The Hall–Kier alpha value is -4.67. The average Bonchev–Trinajstić information content (AvgIpc) is 3.43. The number of hydrogen-bond donors (Lipinski definition) is 2. The van der Waals surface area contributed by atoms with E-state index in [1.807, 2.05) is 52.0 Å². The largest absolute Gasteiger partial charge is 0.494 e. The second-order valence-corrected chi connectivity index (χ2v) is 9.22. The topological polar surface area (TPSA) is 125 Å². The van der Waals surface area contributed by atoms with Crippen LogP contribution in [0, 0.1) is 31.5 Å². The molecule has 0 unspecified atom stereocenters. The van der Waals surface area contributed by atoms with Gasteiger partial charge in [-0.15, -0.1) is 30.8 Å². The van der Waals surface area contributed by atoms with E-state index in [4.69, 9.17) is 16.2 Å². The molecule has 9 nitrogen and oxygen atoms in total. The zero-order chi connectivity index (χ0) is 31.3. The van der Waals surface area contributed by atoms with Crippen molar-refractivity contribution in [1.29, 1.82) is 0 Å². The number of anilines is 1. The number of halogens is 1. The van der Waals surface area contributed by atoms with Gasteiger partial charge in [0.2, 0.25) is 5.95 Å². The summed E-state index contributed by atoms with van der Waals surface area (Å²) < 4.78 is 20.7. The molecule has 0 saturated carbocycles. The summed E-state index contributed by atoms with van der Waals surface area (Å²) in [7, 11) is 3.18. The summed E-state index contributed by atoms with van der Waals surface area (Å²) >= 11 is 0. The Balaban J connectivity index is 0.00000131. The first-order valence-corrected chi connectivity index (χ1v) is 13.1. The molecule has 0 aliphatic heterocycles. The van der Waals surface area contributed by atoms with Crippen LogP contribution < -0.4 is 16.2 Å².